The van der Waals surface area contributed by atoms with Gasteiger partial charge in [-0.1, -0.05) is 54.4 Å². The van der Waals surface area contributed by atoms with Crippen LogP contribution in [0.4, 0.5) is 0 Å². The second kappa shape index (κ2) is 28.3. The fraction of sp³-hybridized carbons (Fsp3) is 0.958. The van der Waals surface area contributed by atoms with Crippen molar-refractivity contribution in [1.82, 2.24) is 0 Å². The van der Waals surface area contributed by atoms with Crippen LogP contribution in [0.3, 0.4) is 0 Å². The Hall–Kier alpha value is -1.94. The lowest BCUT2D eigenvalue weighted by Crippen LogP contribution is -2.65. The van der Waals surface area contributed by atoms with Gasteiger partial charge in [0.05, 0.1) is 69.3 Å². The topological polar surface area (TPSA) is 399 Å². The second-order valence-corrected chi connectivity index (χ2v) is 20.9. The molecule has 0 aromatic rings. The molecule has 432 valence electrons. The van der Waals surface area contributed by atoms with E-state index in [1.165, 1.54) is 6.92 Å². The van der Waals surface area contributed by atoms with Gasteiger partial charge in [-0.15, -0.1) is 0 Å². The first-order chi connectivity index (χ1) is 34.8. The van der Waals surface area contributed by atoms with E-state index < -0.39 is 204 Å². The predicted octanol–water partition coefficient (Wildman–Crippen LogP) is -4.05. The zero-order valence-electron chi connectivity index (χ0n) is 43.2. The van der Waals surface area contributed by atoms with E-state index in [2.05, 4.69) is 0 Å². The molecule has 22 unspecified atom stereocenters. The van der Waals surface area contributed by atoms with Crippen molar-refractivity contribution in [2.24, 2.45) is 17.8 Å². The van der Waals surface area contributed by atoms with Gasteiger partial charge in [0, 0.05) is 12.8 Å². The molecule has 5 aliphatic heterocycles. The summed E-state index contributed by atoms with van der Waals surface area (Å²) in [7, 11) is 0. The zero-order valence-corrected chi connectivity index (χ0v) is 43.2. The molecule has 0 radical (unpaired) electrons. The quantitative estimate of drug-likeness (QED) is 0.0409. The minimum atomic E-state index is -1.86. The van der Waals surface area contributed by atoms with Gasteiger partial charge in [0.15, 0.2) is 31.3 Å². The van der Waals surface area contributed by atoms with Crippen LogP contribution in [0.5, 0.6) is 0 Å². The molecule has 5 fully saturated rings. The Bertz CT molecular complexity index is 1700. The molecule has 0 aromatic heterocycles. The van der Waals surface area contributed by atoms with Gasteiger partial charge in [-0.25, -0.2) is 0 Å². The lowest BCUT2D eigenvalue weighted by molar-refractivity contribution is -0.371. The van der Waals surface area contributed by atoms with Gasteiger partial charge < -0.3 is 118 Å². The molecule has 5 saturated heterocycles. The van der Waals surface area contributed by atoms with Crippen molar-refractivity contribution in [3.63, 3.8) is 0 Å². The number of rotatable bonds is 24. The third-order valence-corrected chi connectivity index (χ3v) is 14.7. The SMILES string of the molecule is CC[C@H](C)[C@H](C[C@H](O)CC(=O)OC1C(C)OC(C(C)C)C(OC2OC(C)C(OC3OCC(O)C(OC4OCC(O)C(O)C4O)C3O)C(O)C2O)C1O)OC(=O)C[C@@H](O)C[C@H](OC1OC(CO)C(O)C1O)[C@@H](C)CC. The summed E-state index contributed by atoms with van der Waals surface area (Å²) in [5.74, 6) is -2.54. The van der Waals surface area contributed by atoms with Crippen molar-refractivity contribution in [2.45, 2.75) is 253 Å². The van der Waals surface area contributed by atoms with E-state index in [-0.39, 0.29) is 30.6 Å². The molecule has 0 amide bonds. The lowest BCUT2D eigenvalue weighted by Gasteiger charge is -2.48. The van der Waals surface area contributed by atoms with Crippen molar-refractivity contribution < 1.29 is 128 Å². The van der Waals surface area contributed by atoms with E-state index in [1.807, 2.05) is 20.8 Å². The van der Waals surface area contributed by atoms with Crippen LogP contribution in [0.1, 0.15) is 93.9 Å². The van der Waals surface area contributed by atoms with Crippen molar-refractivity contribution >= 4 is 11.9 Å². The highest BCUT2D eigenvalue weighted by Gasteiger charge is 2.54. The van der Waals surface area contributed by atoms with E-state index >= 15 is 0 Å². The molecular formula is C48H84O26. The number of aliphatic hydroxyl groups excluding tert-OH is 13. The molecule has 74 heavy (non-hydrogen) atoms. The lowest BCUT2D eigenvalue weighted by atomic mass is 9.89. The maximum atomic E-state index is 13.4. The number of carbonyl (C=O) groups is 2. The highest BCUT2D eigenvalue weighted by molar-refractivity contribution is 5.71. The van der Waals surface area contributed by atoms with E-state index in [4.69, 9.17) is 52.1 Å². The maximum absolute atomic E-state index is 13.4. The summed E-state index contributed by atoms with van der Waals surface area (Å²) in [5.41, 5.74) is 0. The third-order valence-electron chi connectivity index (χ3n) is 14.7. The Morgan fingerprint density at radius 1 is 0.541 bits per heavy atom. The average molecular weight is 1080 g/mol. The molecule has 13 N–H and O–H groups in total. The summed E-state index contributed by atoms with van der Waals surface area (Å²) in [6.07, 6.45) is -36.3. The number of ether oxygens (including phenoxy) is 11. The molecular weight excluding hydrogens is 993 g/mol. The Morgan fingerprint density at radius 2 is 1.05 bits per heavy atom. The van der Waals surface area contributed by atoms with E-state index in [1.54, 1.807) is 27.7 Å². The Balaban J connectivity index is 1.15. The molecule has 5 rings (SSSR count). The smallest absolute Gasteiger partial charge is 0.308 e. The molecule has 26 nitrogen and oxygen atoms in total. The van der Waals surface area contributed by atoms with E-state index in [0.717, 1.165) is 0 Å². The van der Waals surface area contributed by atoms with Crippen molar-refractivity contribution in [2.75, 3.05) is 19.8 Å². The zero-order chi connectivity index (χ0) is 55.0. The van der Waals surface area contributed by atoms with Crippen LogP contribution in [0, 0.1) is 17.8 Å². The number of hydrogen-bond donors (Lipinski definition) is 13. The number of hydrogen-bond acceptors (Lipinski definition) is 26. The first kappa shape index (κ1) is 62.9. The van der Waals surface area contributed by atoms with Crippen molar-refractivity contribution in [3.05, 3.63) is 0 Å². The molecule has 0 bridgehead atoms. The van der Waals surface area contributed by atoms with Gasteiger partial charge in [0.25, 0.3) is 0 Å². The molecule has 0 aromatic carbocycles. The first-order valence-corrected chi connectivity index (χ1v) is 25.8. The molecule has 5 heterocycles. The van der Waals surface area contributed by atoms with Gasteiger partial charge in [-0.3, -0.25) is 9.59 Å². The van der Waals surface area contributed by atoms with Crippen molar-refractivity contribution in [1.29, 1.82) is 0 Å². The standard InChI is InChI=1S/C48H84O26/c1-9-19(5)27(68-30(54)13-24(51)12-28(20(6)10-2)69-48-36(60)33(57)29(15-49)70-48)11-23(50)14-31(55)71-42-21(7)66-40(18(3)4)44(38(42)62)74-47-37(61)34(58)41(22(8)67-47)72-46-39(63)43(26(53)17-65-46)73-45-35(59)32(56)25(52)16-64-45/h18-29,32-53,56-63H,9-17H2,1-8H3/t19-,20-,21?,22?,23-,24-,25?,26?,27-,28-,29?,32?,33?,34?,35?,36?,37?,38?,39?,40?,41?,42?,43?,44?,45?,46?,47?,48?/m0/s1. The van der Waals surface area contributed by atoms with Crippen LogP contribution >= 0.6 is 0 Å². The first-order valence-electron chi connectivity index (χ1n) is 25.8. The minimum Gasteiger partial charge on any atom is -0.462 e. The summed E-state index contributed by atoms with van der Waals surface area (Å²) in [4.78, 5) is 26.7. The normalized spacial score (nSPS) is 42.5. The van der Waals surface area contributed by atoms with Gasteiger partial charge in [0.1, 0.15) is 91.6 Å². The highest BCUT2D eigenvalue weighted by atomic mass is 16.8. The fourth-order valence-electron chi connectivity index (χ4n) is 9.65. The van der Waals surface area contributed by atoms with E-state index in [0.29, 0.717) is 12.8 Å². The number of carbonyl (C=O) groups excluding carboxylic acids is 2. The Labute approximate surface area is 430 Å². The monoisotopic (exact) mass is 1080 g/mol. The molecule has 0 saturated carbocycles. The highest BCUT2D eigenvalue weighted by Crippen LogP contribution is 2.36. The average Bonchev–Trinajstić information content (AvgIpc) is 3.62. The summed E-state index contributed by atoms with van der Waals surface area (Å²) < 4.78 is 63.2. The minimum absolute atomic E-state index is 0.0663. The molecule has 5 aliphatic rings. The van der Waals surface area contributed by atoms with Crippen molar-refractivity contribution in [3.8, 4) is 0 Å². The molecule has 28 atom stereocenters. The largest absolute Gasteiger partial charge is 0.462 e. The van der Waals surface area contributed by atoms with Gasteiger partial charge in [-0.05, 0) is 31.6 Å². The van der Waals surface area contributed by atoms with Gasteiger partial charge >= 0.3 is 11.9 Å². The third kappa shape index (κ3) is 15.7. The molecule has 26 heteroatoms. The number of esters is 2. The Kier molecular flexibility index (Phi) is 24.0. The van der Waals surface area contributed by atoms with Gasteiger partial charge in [0.2, 0.25) is 0 Å². The summed E-state index contributed by atoms with van der Waals surface area (Å²) >= 11 is 0. The second-order valence-electron chi connectivity index (χ2n) is 20.9. The van der Waals surface area contributed by atoms with Crippen LogP contribution in [-0.4, -0.2) is 258 Å². The van der Waals surface area contributed by atoms with Crippen LogP contribution in [0.2, 0.25) is 0 Å². The van der Waals surface area contributed by atoms with Crippen LogP contribution < -0.4 is 0 Å². The summed E-state index contributed by atoms with van der Waals surface area (Å²) in [6, 6.07) is 0. The number of aliphatic hydroxyl groups is 13. The molecule has 0 spiro atoms. The summed E-state index contributed by atoms with van der Waals surface area (Å²) in [5, 5.41) is 138. The maximum Gasteiger partial charge on any atom is 0.308 e. The van der Waals surface area contributed by atoms with E-state index in [9.17, 15) is 76.0 Å². The van der Waals surface area contributed by atoms with Crippen LogP contribution in [0.25, 0.3) is 0 Å². The predicted molar refractivity (Wildman–Crippen MR) is 247 cm³/mol. The fourth-order valence-corrected chi connectivity index (χ4v) is 9.65. The summed E-state index contributed by atoms with van der Waals surface area (Å²) in [6.45, 7) is 12.5. The van der Waals surface area contributed by atoms with Crippen LogP contribution in [0.15, 0.2) is 0 Å². The molecule has 0 aliphatic carbocycles. The Morgan fingerprint density at radius 3 is 1.65 bits per heavy atom. The van der Waals surface area contributed by atoms with Crippen LogP contribution in [-0.2, 0) is 61.7 Å². The van der Waals surface area contributed by atoms with Gasteiger partial charge in [-0.2, -0.15) is 0 Å².